The molecular weight excluding hydrogens is 449 g/mol. The van der Waals surface area contributed by atoms with Crippen LogP contribution in [0.5, 0.6) is 11.5 Å². The largest absolute Gasteiger partial charge is 0.493 e. The van der Waals surface area contributed by atoms with Gasteiger partial charge >= 0.3 is 5.97 Å². The van der Waals surface area contributed by atoms with E-state index < -0.39 is 5.97 Å². The number of cyclic esters (lactones) is 1. The number of nitrogens with zero attached hydrogens (tertiary/aromatic N) is 1. The Labute approximate surface area is 195 Å². The fourth-order valence-electron chi connectivity index (χ4n) is 3.06. The Bertz CT molecular complexity index is 1230. The van der Waals surface area contributed by atoms with E-state index in [0.29, 0.717) is 33.7 Å². The molecule has 0 atom stereocenters. The van der Waals surface area contributed by atoms with Crippen LogP contribution in [0.3, 0.4) is 0 Å². The summed E-state index contributed by atoms with van der Waals surface area (Å²) in [7, 11) is 1.56. The number of ether oxygens (including phenoxy) is 3. The highest BCUT2D eigenvalue weighted by Crippen LogP contribution is 2.31. The van der Waals surface area contributed by atoms with Crippen LogP contribution < -0.4 is 9.47 Å². The molecule has 3 aromatic rings. The molecule has 32 heavy (non-hydrogen) atoms. The highest BCUT2D eigenvalue weighted by molar-refractivity contribution is 6.42. The van der Waals surface area contributed by atoms with Crippen LogP contribution in [-0.2, 0) is 16.1 Å². The Balaban J connectivity index is 1.54. The molecule has 0 saturated heterocycles. The molecule has 0 N–H and O–H groups in total. The fourth-order valence-corrected chi connectivity index (χ4v) is 3.36. The smallest absolute Gasteiger partial charge is 0.363 e. The minimum Gasteiger partial charge on any atom is -0.493 e. The third-order valence-electron chi connectivity index (χ3n) is 4.79. The Morgan fingerprint density at radius 2 is 1.75 bits per heavy atom. The van der Waals surface area contributed by atoms with E-state index in [1.165, 1.54) is 5.56 Å². The highest BCUT2D eigenvalue weighted by Gasteiger charge is 2.24. The monoisotopic (exact) mass is 467 g/mol. The van der Waals surface area contributed by atoms with Gasteiger partial charge in [-0.25, -0.2) is 9.79 Å². The summed E-state index contributed by atoms with van der Waals surface area (Å²) >= 11 is 12.0. The maximum atomic E-state index is 12.3. The molecule has 0 saturated carbocycles. The van der Waals surface area contributed by atoms with Gasteiger partial charge in [0.05, 0.1) is 17.2 Å². The van der Waals surface area contributed by atoms with Crippen molar-refractivity contribution in [3.63, 3.8) is 0 Å². The van der Waals surface area contributed by atoms with Gasteiger partial charge in [-0.15, -0.1) is 0 Å². The van der Waals surface area contributed by atoms with Crippen LogP contribution in [0.15, 0.2) is 71.4 Å². The quantitative estimate of drug-likeness (QED) is 0.318. The molecule has 0 aliphatic carbocycles. The van der Waals surface area contributed by atoms with E-state index in [2.05, 4.69) is 4.99 Å². The second-order valence-corrected chi connectivity index (χ2v) is 7.96. The van der Waals surface area contributed by atoms with Gasteiger partial charge in [-0.3, -0.25) is 0 Å². The van der Waals surface area contributed by atoms with Crippen molar-refractivity contribution in [1.29, 1.82) is 0 Å². The van der Waals surface area contributed by atoms with E-state index in [9.17, 15) is 4.79 Å². The first-order chi connectivity index (χ1) is 15.4. The molecule has 162 valence electrons. The zero-order valence-electron chi connectivity index (χ0n) is 17.4. The van der Waals surface area contributed by atoms with E-state index in [1.807, 2.05) is 37.3 Å². The van der Waals surface area contributed by atoms with E-state index in [-0.39, 0.29) is 11.6 Å². The number of esters is 1. The molecule has 0 aromatic heterocycles. The number of hydrogen-bond donors (Lipinski definition) is 0. The molecule has 5 nitrogen and oxygen atoms in total. The summed E-state index contributed by atoms with van der Waals surface area (Å²) < 4.78 is 16.7. The van der Waals surface area contributed by atoms with Crippen molar-refractivity contribution in [1.82, 2.24) is 0 Å². The third kappa shape index (κ3) is 4.96. The number of aryl methyl sites for hydroxylation is 1. The summed E-state index contributed by atoms with van der Waals surface area (Å²) in [6.45, 7) is 2.46. The van der Waals surface area contributed by atoms with Gasteiger partial charge in [0, 0.05) is 5.56 Å². The number of benzene rings is 3. The van der Waals surface area contributed by atoms with Crippen molar-refractivity contribution in [2.24, 2.45) is 4.99 Å². The summed E-state index contributed by atoms with van der Waals surface area (Å²) in [5.74, 6) is 0.769. The van der Waals surface area contributed by atoms with E-state index >= 15 is 0 Å². The number of aliphatic imine (C=N–C) groups is 1. The maximum absolute atomic E-state index is 12.3. The lowest BCUT2D eigenvalue weighted by Gasteiger charge is -2.11. The second-order valence-electron chi connectivity index (χ2n) is 7.15. The van der Waals surface area contributed by atoms with Crippen LogP contribution >= 0.6 is 23.2 Å². The predicted molar refractivity (Wildman–Crippen MR) is 126 cm³/mol. The minimum absolute atomic E-state index is 0.168. The number of methoxy groups -OCH3 is 1. The first-order valence-electron chi connectivity index (χ1n) is 9.77. The van der Waals surface area contributed by atoms with Crippen molar-refractivity contribution < 1.29 is 19.0 Å². The van der Waals surface area contributed by atoms with Gasteiger partial charge in [-0.1, -0.05) is 59.1 Å². The van der Waals surface area contributed by atoms with Gasteiger partial charge in [0.25, 0.3) is 0 Å². The van der Waals surface area contributed by atoms with Gasteiger partial charge in [-0.05, 0) is 54.5 Å². The van der Waals surface area contributed by atoms with Crippen LogP contribution in [0.2, 0.25) is 10.0 Å². The average molecular weight is 468 g/mol. The summed E-state index contributed by atoms with van der Waals surface area (Å²) in [4.78, 5) is 16.6. The summed E-state index contributed by atoms with van der Waals surface area (Å²) in [5, 5.41) is 0.763. The molecule has 0 amide bonds. The van der Waals surface area contributed by atoms with Crippen molar-refractivity contribution >= 4 is 41.1 Å². The first kappa shape index (κ1) is 21.9. The summed E-state index contributed by atoms with van der Waals surface area (Å²) in [6, 6.07) is 18.4. The fraction of sp³-hybridized carbons (Fsp3) is 0.120. The highest BCUT2D eigenvalue weighted by atomic mass is 35.5. The van der Waals surface area contributed by atoms with E-state index in [0.717, 1.165) is 11.1 Å². The van der Waals surface area contributed by atoms with Crippen molar-refractivity contribution in [2.75, 3.05) is 7.11 Å². The predicted octanol–water partition coefficient (Wildman–Crippen LogP) is 6.23. The Morgan fingerprint density at radius 3 is 2.47 bits per heavy atom. The first-order valence-corrected chi connectivity index (χ1v) is 10.5. The number of halogens is 2. The molecule has 7 heteroatoms. The van der Waals surface area contributed by atoms with Crippen LogP contribution in [0.1, 0.15) is 22.3 Å². The molecule has 0 bridgehead atoms. The molecule has 3 aromatic carbocycles. The van der Waals surface area contributed by atoms with Crippen LogP contribution in [0.25, 0.3) is 6.08 Å². The van der Waals surface area contributed by atoms with Gasteiger partial charge in [0.1, 0.15) is 6.61 Å². The Morgan fingerprint density at radius 1 is 0.969 bits per heavy atom. The third-order valence-corrected chi connectivity index (χ3v) is 5.53. The van der Waals surface area contributed by atoms with Gasteiger partial charge in [0.15, 0.2) is 17.2 Å². The van der Waals surface area contributed by atoms with Crippen LogP contribution in [0, 0.1) is 6.92 Å². The Kier molecular flexibility index (Phi) is 6.49. The molecule has 4 rings (SSSR count). The molecule has 0 unspecified atom stereocenters. The van der Waals surface area contributed by atoms with Crippen molar-refractivity contribution in [3.05, 3.63) is 98.7 Å². The van der Waals surface area contributed by atoms with Crippen molar-refractivity contribution in [3.8, 4) is 11.5 Å². The summed E-state index contributed by atoms with van der Waals surface area (Å²) in [5.41, 5.74) is 3.70. The number of rotatable bonds is 6. The Hall–Kier alpha value is -3.28. The molecule has 0 radical (unpaired) electrons. The maximum Gasteiger partial charge on any atom is 0.363 e. The lowest BCUT2D eigenvalue weighted by Crippen LogP contribution is -2.05. The van der Waals surface area contributed by atoms with E-state index in [1.54, 1.807) is 43.5 Å². The van der Waals surface area contributed by atoms with Gasteiger partial charge in [0.2, 0.25) is 5.90 Å². The lowest BCUT2D eigenvalue weighted by atomic mass is 10.1. The summed E-state index contributed by atoms with van der Waals surface area (Å²) in [6.07, 6.45) is 1.62. The molecular formula is C25H19Cl2NO4. The molecule has 0 spiro atoms. The second kappa shape index (κ2) is 9.47. The molecule has 1 heterocycles. The standard InChI is InChI=1S/C25H19Cl2NO4/c1-15-3-5-16(6-4-15)14-31-22-10-7-17(12-23(22)30-2)11-21-25(29)32-24(28-21)18-8-9-19(26)20(27)13-18/h3-13H,14H2,1-2H3/b21-11+. The average Bonchev–Trinajstić information content (AvgIpc) is 3.15. The van der Waals surface area contributed by atoms with E-state index in [4.69, 9.17) is 37.4 Å². The molecule has 1 aliphatic rings. The SMILES string of the molecule is COc1cc(/C=C2/N=C(c3ccc(Cl)c(Cl)c3)OC2=O)ccc1OCc1ccc(C)cc1. The van der Waals surface area contributed by atoms with Gasteiger partial charge in [-0.2, -0.15) is 0 Å². The van der Waals surface area contributed by atoms with Crippen molar-refractivity contribution in [2.45, 2.75) is 13.5 Å². The van der Waals surface area contributed by atoms with Gasteiger partial charge < -0.3 is 14.2 Å². The minimum atomic E-state index is -0.551. The molecule has 1 aliphatic heterocycles. The zero-order chi connectivity index (χ0) is 22.7. The number of carbonyl (C=O) groups excluding carboxylic acids is 1. The lowest BCUT2D eigenvalue weighted by molar-refractivity contribution is -0.129. The molecule has 0 fully saturated rings. The number of carbonyl (C=O) groups is 1. The van der Waals surface area contributed by atoms with Crippen LogP contribution in [-0.4, -0.2) is 19.0 Å². The topological polar surface area (TPSA) is 57.1 Å². The van der Waals surface area contributed by atoms with Crippen LogP contribution in [0.4, 0.5) is 0 Å². The zero-order valence-corrected chi connectivity index (χ0v) is 18.9. The number of hydrogen-bond acceptors (Lipinski definition) is 5. The normalized spacial score (nSPS) is 14.3.